The van der Waals surface area contributed by atoms with E-state index in [0.717, 1.165) is 0 Å². The van der Waals surface area contributed by atoms with Crippen molar-refractivity contribution in [3.8, 4) is 17.1 Å². The topological polar surface area (TPSA) is 91.2 Å². The van der Waals surface area contributed by atoms with Crippen LogP contribution in [0.2, 0.25) is 0 Å². The largest absolute Gasteiger partial charge is 0.496 e. The second-order valence-corrected chi connectivity index (χ2v) is 5.24. The quantitative estimate of drug-likeness (QED) is 0.451. The molecule has 0 spiro atoms. The van der Waals surface area contributed by atoms with E-state index in [1.165, 1.54) is 0 Å². The van der Waals surface area contributed by atoms with Gasteiger partial charge in [0.15, 0.2) is 5.82 Å². The molecule has 0 atom stereocenters. The van der Waals surface area contributed by atoms with Crippen molar-refractivity contribution in [1.82, 2.24) is 9.97 Å². The zero-order valence-corrected chi connectivity index (χ0v) is 12.8. The van der Waals surface area contributed by atoms with Crippen LogP contribution in [0.5, 0.6) is 5.75 Å². The number of hydrogen-bond donors (Lipinski definition) is 1. The molecule has 0 aliphatic rings. The Labute approximate surface area is 136 Å². The van der Waals surface area contributed by atoms with Gasteiger partial charge in [0, 0.05) is 5.39 Å². The monoisotopic (exact) mass is 319 g/mol. The first-order valence-corrected chi connectivity index (χ1v) is 7.31. The van der Waals surface area contributed by atoms with Crippen LogP contribution in [-0.4, -0.2) is 17.1 Å². The lowest BCUT2D eigenvalue weighted by Crippen LogP contribution is -2.08. The van der Waals surface area contributed by atoms with Crippen molar-refractivity contribution in [2.75, 3.05) is 12.8 Å². The number of nitrogen functional groups attached to an aromatic ring is 1. The molecule has 2 aromatic carbocycles. The molecule has 24 heavy (non-hydrogen) atoms. The number of ether oxygens (including phenoxy) is 1. The summed E-state index contributed by atoms with van der Waals surface area (Å²) in [4.78, 5) is 21.1. The van der Waals surface area contributed by atoms with E-state index in [-0.39, 0.29) is 11.2 Å². The number of rotatable bonds is 2. The molecule has 2 aromatic heterocycles. The Balaban J connectivity index is 2.14. The van der Waals surface area contributed by atoms with Gasteiger partial charge in [-0.05, 0) is 24.3 Å². The van der Waals surface area contributed by atoms with Crippen LogP contribution in [0.4, 0.5) is 5.82 Å². The number of fused-ring (bicyclic) bond motifs is 3. The summed E-state index contributed by atoms with van der Waals surface area (Å²) >= 11 is 0. The van der Waals surface area contributed by atoms with E-state index in [9.17, 15) is 4.79 Å². The molecule has 118 valence electrons. The summed E-state index contributed by atoms with van der Waals surface area (Å²) in [6.07, 6.45) is 0. The summed E-state index contributed by atoms with van der Waals surface area (Å²) in [5.74, 6) is 1.11. The summed E-state index contributed by atoms with van der Waals surface area (Å²) in [6.45, 7) is 0. The Morgan fingerprint density at radius 3 is 2.62 bits per heavy atom. The molecule has 6 nitrogen and oxygen atoms in total. The van der Waals surface area contributed by atoms with Crippen molar-refractivity contribution in [3.05, 3.63) is 59.0 Å². The lowest BCUT2D eigenvalue weighted by Gasteiger charge is -2.09. The number of aromatic nitrogens is 2. The van der Waals surface area contributed by atoms with Crippen LogP contribution >= 0.6 is 0 Å². The van der Waals surface area contributed by atoms with Gasteiger partial charge in [-0.15, -0.1) is 0 Å². The van der Waals surface area contributed by atoms with Gasteiger partial charge in [0.1, 0.15) is 22.5 Å². The van der Waals surface area contributed by atoms with E-state index in [1.807, 2.05) is 36.4 Å². The molecule has 0 saturated carbocycles. The maximum atomic E-state index is 12.2. The van der Waals surface area contributed by atoms with Crippen LogP contribution in [-0.2, 0) is 0 Å². The molecule has 0 aliphatic carbocycles. The van der Waals surface area contributed by atoms with E-state index >= 15 is 0 Å². The van der Waals surface area contributed by atoms with E-state index in [2.05, 4.69) is 9.97 Å². The predicted molar refractivity (Wildman–Crippen MR) is 92.0 cm³/mol. The van der Waals surface area contributed by atoms with Gasteiger partial charge >= 0.3 is 5.63 Å². The number of para-hydroxylation sites is 2. The molecule has 0 fully saturated rings. The smallest absolute Gasteiger partial charge is 0.349 e. The van der Waals surface area contributed by atoms with Crippen LogP contribution in [0, 0.1) is 0 Å². The molecule has 0 aliphatic heterocycles. The molecule has 0 unspecified atom stereocenters. The molecular weight excluding hydrogens is 306 g/mol. The molecule has 4 rings (SSSR count). The number of methoxy groups -OCH3 is 1. The Morgan fingerprint density at radius 1 is 1.04 bits per heavy atom. The van der Waals surface area contributed by atoms with E-state index < -0.39 is 5.63 Å². The van der Waals surface area contributed by atoms with Gasteiger partial charge < -0.3 is 14.9 Å². The lowest BCUT2D eigenvalue weighted by molar-refractivity contribution is 0.416. The van der Waals surface area contributed by atoms with Gasteiger partial charge in [-0.1, -0.05) is 24.3 Å². The first-order chi connectivity index (χ1) is 11.7. The molecule has 0 saturated heterocycles. The van der Waals surface area contributed by atoms with Crippen molar-refractivity contribution in [3.63, 3.8) is 0 Å². The number of nitrogens with two attached hydrogens (primary N) is 1. The Morgan fingerprint density at radius 2 is 1.79 bits per heavy atom. The van der Waals surface area contributed by atoms with Gasteiger partial charge in [-0.3, -0.25) is 0 Å². The van der Waals surface area contributed by atoms with Crippen LogP contribution in [0.1, 0.15) is 0 Å². The maximum Gasteiger partial charge on any atom is 0.349 e. The minimum Gasteiger partial charge on any atom is -0.496 e. The summed E-state index contributed by atoms with van der Waals surface area (Å²) in [5, 5.41) is 0.893. The molecule has 2 N–H and O–H groups in total. The lowest BCUT2D eigenvalue weighted by atomic mass is 10.1. The van der Waals surface area contributed by atoms with Crippen LogP contribution in [0.25, 0.3) is 33.3 Å². The highest BCUT2D eigenvalue weighted by Crippen LogP contribution is 2.31. The molecule has 0 amide bonds. The third kappa shape index (κ3) is 2.08. The molecule has 0 bridgehead atoms. The van der Waals surface area contributed by atoms with Gasteiger partial charge in [0.05, 0.1) is 18.2 Å². The Kier molecular flexibility index (Phi) is 3.16. The summed E-state index contributed by atoms with van der Waals surface area (Å²) in [5.41, 5.74) is 7.10. The number of hydrogen-bond acceptors (Lipinski definition) is 6. The van der Waals surface area contributed by atoms with Crippen molar-refractivity contribution >= 4 is 27.7 Å². The Hall–Kier alpha value is -3.41. The molecule has 4 aromatic rings. The second kappa shape index (κ2) is 5.34. The van der Waals surface area contributed by atoms with Gasteiger partial charge in [0.2, 0.25) is 0 Å². The minimum atomic E-state index is -0.548. The number of nitrogens with zero attached hydrogens (tertiary/aromatic N) is 2. The fraction of sp³-hybridized carbons (Fsp3) is 0.0556. The van der Waals surface area contributed by atoms with Gasteiger partial charge in [-0.2, -0.15) is 0 Å². The molecule has 0 radical (unpaired) electrons. The number of anilines is 1. The van der Waals surface area contributed by atoms with Crippen molar-refractivity contribution in [2.24, 2.45) is 0 Å². The Bertz CT molecular complexity index is 1140. The van der Waals surface area contributed by atoms with E-state index in [4.69, 9.17) is 14.9 Å². The third-order valence-corrected chi connectivity index (χ3v) is 3.83. The third-order valence-electron chi connectivity index (χ3n) is 3.83. The zero-order valence-electron chi connectivity index (χ0n) is 12.8. The average molecular weight is 319 g/mol. The highest BCUT2D eigenvalue weighted by Gasteiger charge is 2.16. The fourth-order valence-electron chi connectivity index (χ4n) is 2.73. The maximum absolute atomic E-state index is 12.2. The van der Waals surface area contributed by atoms with Crippen LogP contribution in [0.15, 0.2) is 57.7 Å². The van der Waals surface area contributed by atoms with E-state index in [1.54, 1.807) is 19.2 Å². The summed E-state index contributed by atoms with van der Waals surface area (Å²) < 4.78 is 10.7. The highest BCUT2D eigenvalue weighted by atomic mass is 16.5. The molecule has 2 heterocycles. The van der Waals surface area contributed by atoms with Crippen molar-refractivity contribution < 1.29 is 9.15 Å². The van der Waals surface area contributed by atoms with E-state index in [0.29, 0.717) is 33.6 Å². The predicted octanol–water partition coefficient (Wildman–Crippen LogP) is 2.99. The average Bonchev–Trinajstić information content (AvgIpc) is 2.61. The van der Waals surface area contributed by atoms with Gasteiger partial charge in [0.25, 0.3) is 0 Å². The number of benzene rings is 2. The standard InChI is InChI=1S/C18H13N3O3/c1-23-12-8-4-3-7-11(12)17-20-15-10-6-2-5-9-13(10)24-18(22)14(15)16(19)21-17/h2-9H,1H3,(H2,19,20,21). The fourth-order valence-corrected chi connectivity index (χ4v) is 2.73. The highest BCUT2D eigenvalue weighted by molar-refractivity contribution is 6.05. The van der Waals surface area contributed by atoms with Crippen LogP contribution < -0.4 is 16.1 Å². The summed E-state index contributed by atoms with van der Waals surface area (Å²) in [7, 11) is 1.58. The molecular formula is C18H13N3O3. The van der Waals surface area contributed by atoms with Gasteiger partial charge in [-0.25, -0.2) is 14.8 Å². The first-order valence-electron chi connectivity index (χ1n) is 7.31. The normalized spacial score (nSPS) is 11.0. The SMILES string of the molecule is COc1ccccc1-c1nc(N)c2c(=O)oc3ccccc3c2n1. The summed E-state index contributed by atoms with van der Waals surface area (Å²) in [6, 6.07) is 14.6. The second-order valence-electron chi connectivity index (χ2n) is 5.24. The van der Waals surface area contributed by atoms with Crippen molar-refractivity contribution in [2.45, 2.75) is 0 Å². The van der Waals surface area contributed by atoms with Crippen molar-refractivity contribution in [1.29, 1.82) is 0 Å². The van der Waals surface area contributed by atoms with Crippen LogP contribution in [0.3, 0.4) is 0 Å². The minimum absolute atomic E-state index is 0.0837. The zero-order chi connectivity index (χ0) is 16.7. The molecule has 6 heteroatoms. The first kappa shape index (κ1) is 14.2.